The van der Waals surface area contributed by atoms with E-state index in [1.54, 1.807) is 26.2 Å². The second-order valence-corrected chi connectivity index (χ2v) is 7.22. The maximum Gasteiger partial charge on any atom is 0.310 e. The van der Waals surface area contributed by atoms with E-state index in [0.717, 1.165) is 19.4 Å². The molecule has 3 rings (SSSR count). The first-order valence-electron chi connectivity index (χ1n) is 9.69. The van der Waals surface area contributed by atoms with Crippen LogP contribution in [0.2, 0.25) is 5.02 Å². The van der Waals surface area contributed by atoms with Gasteiger partial charge in [-0.05, 0) is 25.8 Å². The van der Waals surface area contributed by atoms with Gasteiger partial charge in [-0.3, -0.25) is 4.79 Å². The third-order valence-electron chi connectivity index (χ3n) is 4.93. The number of nitrogens with two attached hydrogens (primary N) is 1. The standard InChI is InChI=1S/C20H26ClN5O4/c1-4-30-20(27)12-6-5-7-26(10-12)19-17(22)18(23-11-24-19)25-14-8-13(21)15(28-2)9-16(14)29-3/h8-9,11-12H,4-7,10,22H2,1-3H3,(H,23,24,25). The number of benzene rings is 1. The molecule has 1 unspecified atom stereocenters. The molecule has 30 heavy (non-hydrogen) atoms. The van der Waals surface area contributed by atoms with Crippen LogP contribution >= 0.6 is 11.6 Å². The van der Waals surface area contributed by atoms with Crippen molar-refractivity contribution in [1.82, 2.24) is 9.97 Å². The summed E-state index contributed by atoms with van der Waals surface area (Å²) < 4.78 is 15.8. The maximum absolute atomic E-state index is 12.2. The van der Waals surface area contributed by atoms with Crippen LogP contribution in [0.5, 0.6) is 11.5 Å². The molecule has 1 saturated heterocycles. The molecule has 0 aliphatic carbocycles. The zero-order valence-electron chi connectivity index (χ0n) is 17.3. The molecular weight excluding hydrogens is 410 g/mol. The maximum atomic E-state index is 12.2. The number of carbonyl (C=O) groups excluding carboxylic acids is 1. The highest BCUT2D eigenvalue weighted by molar-refractivity contribution is 6.32. The van der Waals surface area contributed by atoms with Crippen molar-refractivity contribution in [1.29, 1.82) is 0 Å². The molecule has 2 aromatic rings. The van der Waals surface area contributed by atoms with E-state index in [1.807, 2.05) is 4.90 Å². The summed E-state index contributed by atoms with van der Waals surface area (Å²) >= 11 is 6.25. The summed E-state index contributed by atoms with van der Waals surface area (Å²) in [6.45, 7) is 3.41. The van der Waals surface area contributed by atoms with Crippen LogP contribution in [0.15, 0.2) is 18.5 Å². The number of esters is 1. The van der Waals surface area contributed by atoms with Crippen molar-refractivity contribution in [2.75, 3.05) is 49.9 Å². The van der Waals surface area contributed by atoms with Crippen LogP contribution in [0, 0.1) is 5.92 Å². The van der Waals surface area contributed by atoms with Crippen LogP contribution in [-0.2, 0) is 9.53 Å². The van der Waals surface area contributed by atoms with E-state index in [9.17, 15) is 4.79 Å². The van der Waals surface area contributed by atoms with Gasteiger partial charge in [0.15, 0.2) is 11.6 Å². The monoisotopic (exact) mass is 435 g/mol. The average molecular weight is 436 g/mol. The number of hydrogen-bond donors (Lipinski definition) is 2. The first kappa shape index (κ1) is 21.8. The number of methoxy groups -OCH3 is 2. The molecule has 10 heteroatoms. The van der Waals surface area contributed by atoms with Gasteiger partial charge in [-0.1, -0.05) is 11.6 Å². The number of rotatable bonds is 7. The van der Waals surface area contributed by atoms with E-state index < -0.39 is 0 Å². The summed E-state index contributed by atoms with van der Waals surface area (Å²) in [5, 5.41) is 3.58. The topological polar surface area (TPSA) is 112 Å². The fourth-order valence-corrected chi connectivity index (χ4v) is 3.69. The third kappa shape index (κ3) is 4.62. The third-order valence-corrected chi connectivity index (χ3v) is 5.23. The van der Waals surface area contributed by atoms with E-state index >= 15 is 0 Å². The van der Waals surface area contributed by atoms with Gasteiger partial charge >= 0.3 is 5.97 Å². The Kier molecular flexibility index (Phi) is 7.04. The lowest BCUT2D eigenvalue weighted by Crippen LogP contribution is -2.40. The highest BCUT2D eigenvalue weighted by atomic mass is 35.5. The van der Waals surface area contributed by atoms with Crippen molar-refractivity contribution in [3.63, 3.8) is 0 Å². The van der Waals surface area contributed by atoms with Crippen LogP contribution in [0.25, 0.3) is 0 Å². The van der Waals surface area contributed by atoms with E-state index in [2.05, 4.69) is 15.3 Å². The smallest absolute Gasteiger partial charge is 0.310 e. The first-order valence-corrected chi connectivity index (χ1v) is 10.1. The van der Waals surface area contributed by atoms with E-state index in [0.29, 0.717) is 52.7 Å². The van der Waals surface area contributed by atoms with E-state index in [-0.39, 0.29) is 11.9 Å². The molecule has 2 heterocycles. The number of ether oxygens (including phenoxy) is 3. The van der Waals surface area contributed by atoms with Crippen LogP contribution < -0.4 is 25.4 Å². The Labute approximate surface area is 180 Å². The largest absolute Gasteiger partial charge is 0.495 e. The van der Waals surface area contributed by atoms with Gasteiger partial charge in [-0.15, -0.1) is 0 Å². The quantitative estimate of drug-likeness (QED) is 0.632. The Balaban J connectivity index is 1.85. The minimum Gasteiger partial charge on any atom is -0.495 e. The molecule has 1 aliphatic rings. The predicted octanol–water partition coefficient (Wildman–Crippen LogP) is 3.25. The number of anilines is 4. The zero-order chi connectivity index (χ0) is 21.7. The van der Waals surface area contributed by atoms with Crippen molar-refractivity contribution in [3.05, 3.63) is 23.5 Å². The molecule has 1 aliphatic heterocycles. The van der Waals surface area contributed by atoms with Crippen LogP contribution in [-0.4, -0.2) is 49.9 Å². The van der Waals surface area contributed by atoms with Crippen LogP contribution in [0.3, 0.4) is 0 Å². The molecule has 1 fully saturated rings. The van der Waals surface area contributed by atoms with E-state index in [1.165, 1.54) is 13.4 Å². The summed E-state index contributed by atoms with van der Waals surface area (Å²) in [5.74, 6) is 1.61. The summed E-state index contributed by atoms with van der Waals surface area (Å²) in [7, 11) is 3.08. The minimum atomic E-state index is -0.204. The number of piperidine rings is 1. The van der Waals surface area contributed by atoms with Crippen molar-refractivity contribution >= 4 is 40.6 Å². The lowest BCUT2D eigenvalue weighted by molar-refractivity contribution is -0.148. The van der Waals surface area contributed by atoms with Gasteiger partial charge in [0.05, 0.1) is 37.5 Å². The molecule has 1 aromatic heterocycles. The van der Waals surface area contributed by atoms with Crippen molar-refractivity contribution in [2.45, 2.75) is 19.8 Å². The molecule has 0 radical (unpaired) electrons. The molecular formula is C20H26ClN5O4. The lowest BCUT2D eigenvalue weighted by Gasteiger charge is -2.33. The average Bonchev–Trinajstić information content (AvgIpc) is 2.75. The summed E-state index contributed by atoms with van der Waals surface area (Å²) in [6.07, 6.45) is 3.06. The van der Waals surface area contributed by atoms with Gasteiger partial charge in [0.25, 0.3) is 0 Å². The highest BCUT2D eigenvalue weighted by Crippen LogP contribution is 2.39. The molecule has 1 aromatic carbocycles. The van der Waals surface area contributed by atoms with Crippen molar-refractivity contribution in [2.24, 2.45) is 5.92 Å². The fraction of sp³-hybridized carbons (Fsp3) is 0.450. The van der Waals surface area contributed by atoms with Gasteiger partial charge in [0.1, 0.15) is 23.5 Å². The molecule has 3 N–H and O–H groups in total. The normalized spacial score (nSPS) is 16.1. The predicted molar refractivity (Wildman–Crippen MR) is 116 cm³/mol. The van der Waals surface area contributed by atoms with E-state index in [4.69, 9.17) is 31.5 Å². The van der Waals surface area contributed by atoms with Crippen molar-refractivity contribution < 1.29 is 19.0 Å². The van der Waals surface area contributed by atoms with Gasteiger partial charge in [0, 0.05) is 19.2 Å². The Bertz CT molecular complexity index is 911. The summed E-state index contributed by atoms with van der Waals surface area (Å²) in [5.41, 5.74) is 7.34. The van der Waals surface area contributed by atoms with Gasteiger partial charge in [-0.2, -0.15) is 0 Å². The molecule has 0 amide bonds. The fourth-order valence-electron chi connectivity index (χ4n) is 3.45. The number of nitrogens with zero attached hydrogens (tertiary/aromatic N) is 3. The molecule has 0 spiro atoms. The van der Waals surface area contributed by atoms with Gasteiger partial charge < -0.3 is 30.2 Å². The highest BCUT2D eigenvalue weighted by Gasteiger charge is 2.29. The second kappa shape index (κ2) is 9.71. The number of hydrogen-bond acceptors (Lipinski definition) is 9. The molecule has 162 valence electrons. The van der Waals surface area contributed by atoms with Crippen LogP contribution in [0.1, 0.15) is 19.8 Å². The zero-order valence-corrected chi connectivity index (χ0v) is 18.0. The van der Waals surface area contributed by atoms with Crippen LogP contribution in [0.4, 0.5) is 23.0 Å². The number of halogens is 1. The summed E-state index contributed by atoms with van der Waals surface area (Å²) in [4.78, 5) is 22.8. The Morgan fingerprint density at radius 1 is 1.30 bits per heavy atom. The van der Waals surface area contributed by atoms with Gasteiger partial charge in [0.2, 0.25) is 0 Å². The van der Waals surface area contributed by atoms with Crippen molar-refractivity contribution in [3.8, 4) is 11.5 Å². The number of nitrogens with one attached hydrogen (secondary N) is 1. The number of carbonyl (C=O) groups is 1. The number of aromatic nitrogens is 2. The molecule has 0 bridgehead atoms. The minimum absolute atomic E-state index is 0.189. The molecule has 1 atom stereocenters. The lowest BCUT2D eigenvalue weighted by atomic mass is 9.98. The Morgan fingerprint density at radius 2 is 2.07 bits per heavy atom. The SMILES string of the molecule is CCOC(=O)C1CCCN(c2ncnc(Nc3cc(Cl)c(OC)cc3OC)c2N)C1. The summed E-state index contributed by atoms with van der Waals surface area (Å²) in [6, 6.07) is 3.36. The number of nitrogen functional groups attached to an aromatic ring is 1. The molecule has 0 saturated carbocycles. The Hall–Kier alpha value is -2.94. The second-order valence-electron chi connectivity index (χ2n) is 6.81. The molecule has 9 nitrogen and oxygen atoms in total. The van der Waals surface area contributed by atoms with Gasteiger partial charge in [-0.25, -0.2) is 9.97 Å². The Morgan fingerprint density at radius 3 is 2.77 bits per heavy atom. The first-order chi connectivity index (χ1) is 14.5.